The molecule has 114 valence electrons. The van der Waals surface area contributed by atoms with E-state index in [9.17, 15) is 4.79 Å². The maximum atomic E-state index is 12.4. The summed E-state index contributed by atoms with van der Waals surface area (Å²) in [4.78, 5) is 12.4. The number of rotatable bonds is 4. The number of fused-ring (bicyclic) bond motifs is 1. The summed E-state index contributed by atoms with van der Waals surface area (Å²) in [5.41, 5.74) is 2.83. The Kier molecular flexibility index (Phi) is 3.87. The lowest BCUT2D eigenvalue weighted by Crippen LogP contribution is -2.32. The molecule has 1 heterocycles. The Bertz CT molecular complexity index is 653. The van der Waals surface area contributed by atoms with Crippen LogP contribution in [0.25, 0.3) is 0 Å². The van der Waals surface area contributed by atoms with E-state index in [4.69, 9.17) is 9.47 Å². The van der Waals surface area contributed by atoms with E-state index in [1.54, 1.807) is 32.4 Å². The highest BCUT2D eigenvalue weighted by Crippen LogP contribution is 2.28. The molecular formula is C17H18N2O3. The number of ether oxygens (including phenoxy) is 2. The fraction of sp³-hybridized carbons (Fsp3) is 0.235. The van der Waals surface area contributed by atoms with Gasteiger partial charge in [-0.1, -0.05) is 18.2 Å². The van der Waals surface area contributed by atoms with Crippen LogP contribution >= 0.6 is 0 Å². The van der Waals surface area contributed by atoms with Crippen molar-refractivity contribution in [2.45, 2.75) is 12.5 Å². The third-order valence-corrected chi connectivity index (χ3v) is 3.71. The van der Waals surface area contributed by atoms with Gasteiger partial charge in [-0.15, -0.1) is 0 Å². The van der Waals surface area contributed by atoms with Gasteiger partial charge in [-0.2, -0.15) is 0 Å². The number of benzene rings is 2. The maximum Gasteiger partial charge on any atom is 0.247 e. The van der Waals surface area contributed by atoms with Crippen molar-refractivity contribution >= 4 is 17.3 Å². The first-order chi connectivity index (χ1) is 10.7. The van der Waals surface area contributed by atoms with E-state index in [0.29, 0.717) is 23.6 Å². The van der Waals surface area contributed by atoms with Gasteiger partial charge >= 0.3 is 0 Å². The van der Waals surface area contributed by atoms with Gasteiger partial charge in [0.2, 0.25) is 5.91 Å². The van der Waals surface area contributed by atoms with Gasteiger partial charge in [0, 0.05) is 36.0 Å². The number of hydrogen-bond donors (Lipinski definition) is 2. The Morgan fingerprint density at radius 3 is 2.45 bits per heavy atom. The zero-order chi connectivity index (χ0) is 15.5. The standard InChI is InChI=1S/C17H18N2O3/c1-21-13-8-12(9-14(10-13)22-2)18-17(20)16-7-11-5-3-4-6-15(11)19-16/h3-6,8-10,16,19H,7H2,1-2H3,(H,18,20). The van der Waals surface area contributed by atoms with Crippen molar-refractivity contribution in [3.8, 4) is 11.5 Å². The van der Waals surface area contributed by atoms with Crippen LogP contribution in [0.1, 0.15) is 5.56 Å². The summed E-state index contributed by atoms with van der Waals surface area (Å²) >= 11 is 0. The van der Waals surface area contributed by atoms with E-state index in [2.05, 4.69) is 10.6 Å². The first-order valence-corrected chi connectivity index (χ1v) is 7.08. The molecule has 1 atom stereocenters. The summed E-state index contributed by atoms with van der Waals surface area (Å²) in [5, 5.41) is 6.14. The van der Waals surface area contributed by atoms with Crippen LogP contribution < -0.4 is 20.1 Å². The molecule has 0 aromatic heterocycles. The van der Waals surface area contributed by atoms with E-state index in [1.807, 2.05) is 24.3 Å². The molecule has 0 bridgehead atoms. The van der Waals surface area contributed by atoms with E-state index in [0.717, 1.165) is 11.3 Å². The fourth-order valence-electron chi connectivity index (χ4n) is 2.56. The minimum Gasteiger partial charge on any atom is -0.497 e. The highest BCUT2D eigenvalue weighted by molar-refractivity contribution is 5.98. The third-order valence-electron chi connectivity index (χ3n) is 3.71. The van der Waals surface area contributed by atoms with Gasteiger partial charge in [-0.05, 0) is 11.6 Å². The van der Waals surface area contributed by atoms with Crippen LogP contribution in [0.3, 0.4) is 0 Å². The van der Waals surface area contributed by atoms with Gasteiger partial charge in [0.25, 0.3) is 0 Å². The number of carbonyl (C=O) groups is 1. The van der Waals surface area contributed by atoms with Crippen LogP contribution in [-0.2, 0) is 11.2 Å². The summed E-state index contributed by atoms with van der Waals surface area (Å²) < 4.78 is 10.4. The molecule has 1 unspecified atom stereocenters. The van der Waals surface area contributed by atoms with Crippen molar-refractivity contribution in [1.29, 1.82) is 0 Å². The Morgan fingerprint density at radius 2 is 1.82 bits per heavy atom. The van der Waals surface area contributed by atoms with Gasteiger partial charge in [-0.25, -0.2) is 0 Å². The van der Waals surface area contributed by atoms with Crippen molar-refractivity contribution in [3.63, 3.8) is 0 Å². The molecule has 0 aliphatic carbocycles. The van der Waals surface area contributed by atoms with E-state index >= 15 is 0 Å². The van der Waals surface area contributed by atoms with Gasteiger partial charge in [0.05, 0.1) is 14.2 Å². The van der Waals surface area contributed by atoms with E-state index in [-0.39, 0.29) is 11.9 Å². The molecule has 1 amide bonds. The predicted molar refractivity (Wildman–Crippen MR) is 85.7 cm³/mol. The minimum atomic E-state index is -0.269. The number of carbonyl (C=O) groups excluding carboxylic acids is 1. The topological polar surface area (TPSA) is 59.6 Å². The Hall–Kier alpha value is -2.69. The summed E-state index contributed by atoms with van der Waals surface area (Å²) in [6.45, 7) is 0. The molecule has 1 aliphatic rings. The van der Waals surface area contributed by atoms with Crippen LogP contribution in [0.5, 0.6) is 11.5 Å². The summed E-state index contributed by atoms with van der Waals surface area (Å²) in [6, 6.07) is 13.0. The summed E-state index contributed by atoms with van der Waals surface area (Å²) in [7, 11) is 3.16. The minimum absolute atomic E-state index is 0.0773. The molecule has 0 saturated carbocycles. The normalized spacial score (nSPS) is 15.6. The maximum absolute atomic E-state index is 12.4. The van der Waals surface area contributed by atoms with Crippen LogP contribution in [0.2, 0.25) is 0 Å². The van der Waals surface area contributed by atoms with Crippen LogP contribution in [0.15, 0.2) is 42.5 Å². The number of amides is 1. The first-order valence-electron chi connectivity index (χ1n) is 7.08. The number of hydrogen-bond acceptors (Lipinski definition) is 4. The van der Waals surface area contributed by atoms with Crippen LogP contribution in [0, 0.1) is 0 Å². The molecule has 22 heavy (non-hydrogen) atoms. The lowest BCUT2D eigenvalue weighted by molar-refractivity contribution is -0.116. The van der Waals surface area contributed by atoms with Gasteiger partial charge in [-0.3, -0.25) is 4.79 Å². The Balaban J connectivity index is 1.73. The summed E-state index contributed by atoms with van der Waals surface area (Å²) in [6.07, 6.45) is 0.684. The molecule has 0 radical (unpaired) electrons. The molecule has 5 nitrogen and oxygen atoms in total. The second-order valence-corrected chi connectivity index (χ2v) is 5.15. The van der Waals surface area contributed by atoms with Gasteiger partial charge in [0.1, 0.15) is 17.5 Å². The van der Waals surface area contributed by atoms with Gasteiger partial charge in [0.15, 0.2) is 0 Å². The van der Waals surface area contributed by atoms with Crippen molar-refractivity contribution in [3.05, 3.63) is 48.0 Å². The molecule has 5 heteroatoms. The van der Waals surface area contributed by atoms with Crippen molar-refractivity contribution < 1.29 is 14.3 Å². The second kappa shape index (κ2) is 5.97. The largest absolute Gasteiger partial charge is 0.497 e. The zero-order valence-electron chi connectivity index (χ0n) is 12.6. The molecule has 3 rings (SSSR count). The molecule has 2 aromatic carbocycles. The highest BCUT2D eigenvalue weighted by atomic mass is 16.5. The molecule has 2 N–H and O–H groups in total. The van der Waals surface area contributed by atoms with Crippen molar-refractivity contribution in [2.75, 3.05) is 24.9 Å². The Labute approximate surface area is 129 Å². The lowest BCUT2D eigenvalue weighted by atomic mass is 10.1. The molecule has 2 aromatic rings. The molecular weight excluding hydrogens is 280 g/mol. The predicted octanol–water partition coefficient (Wildman–Crippen LogP) is 2.68. The highest BCUT2D eigenvalue weighted by Gasteiger charge is 2.26. The van der Waals surface area contributed by atoms with E-state index in [1.165, 1.54) is 0 Å². The zero-order valence-corrected chi connectivity index (χ0v) is 12.6. The first kappa shape index (κ1) is 14.3. The molecule has 1 aliphatic heterocycles. The quantitative estimate of drug-likeness (QED) is 0.911. The van der Waals surface area contributed by atoms with Gasteiger partial charge < -0.3 is 20.1 Å². The number of nitrogens with one attached hydrogen (secondary N) is 2. The summed E-state index contributed by atoms with van der Waals surface area (Å²) in [5.74, 6) is 1.20. The molecule has 0 saturated heterocycles. The molecule has 0 fully saturated rings. The monoisotopic (exact) mass is 298 g/mol. The Morgan fingerprint density at radius 1 is 1.14 bits per heavy atom. The average Bonchev–Trinajstić information content (AvgIpc) is 2.98. The van der Waals surface area contributed by atoms with Crippen LogP contribution in [0.4, 0.5) is 11.4 Å². The molecule has 0 spiro atoms. The van der Waals surface area contributed by atoms with Crippen molar-refractivity contribution in [2.24, 2.45) is 0 Å². The number of methoxy groups -OCH3 is 2. The lowest BCUT2D eigenvalue weighted by Gasteiger charge is -2.13. The second-order valence-electron chi connectivity index (χ2n) is 5.15. The smallest absolute Gasteiger partial charge is 0.247 e. The van der Waals surface area contributed by atoms with E-state index < -0.39 is 0 Å². The fourth-order valence-corrected chi connectivity index (χ4v) is 2.56. The average molecular weight is 298 g/mol. The number of anilines is 2. The van der Waals surface area contributed by atoms with Crippen molar-refractivity contribution in [1.82, 2.24) is 0 Å². The SMILES string of the molecule is COc1cc(NC(=O)C2Cc3ccccc3N2)cc(OC)c1. The third kappa shape index (κ3) is 2.83. The number of para-hydroxylation sites is 1. The van der Waals surface area contributed by atoms with Crippen LogP contribution in [-0.4, -0.2) is 26.2 Å².